The number of hydrogen-bond acceptors (Lipinski definition) is 3. The Morgan fingerprint density at radius 3 is 2.64 bits per heavy atom. The molecule has 0 amide bonds. The molecule has 1 saturated heterocycles. The van der Waals surface area contributed by atoms with E-state index in [1.165, 1.54) is 0 Å². The van der Waals surface area contributed by atoms with E-state index >= 15 is 0 Å². The summed E-state index contributed by atoms with van der Waals surface area (Å²) in [5.74, 6) is -1.21. The number of carbonyl (C=O) groups is 1. The molecule has 0 aliphatic carbocycles. The maximum Gasteiger partial charge on any atom is 0.311 e. The average molecular weight is 299 g/mol. The molecule has 1 atom stereocenters. The van der Waals surface area contributed by atoms with Crippen molar-refractivity contribution in [1.29, 1.82) is 0 Å². The molecule has 1 N–H and O–H groups in total. The fourth-order valence-corrected chi connectivity index (χ4v) is 3.10. The van der Waals surface area contributed by atoms with E-state index in [2.05, 4.69) is 4.90 Å². The van der Waals surface area contributed by atoms with Crippen molar-refractivity contribution in [3.05, 3.63) is 48.0 Å². The number of rotatable bonds is 5. The first-order chi connectivity index (χ1) is 10.8. The first-order valence-corrected chi connectivity index (χ1v) is 7.76. The van der Waals surface area contributed by atoms with Crippen molar-refractivity contribution < 1.29 is 14.6 Å². The Morgan fingerprint density at radius 2 is 1.86 bits per heavy atom. The number of nitrogens with zero attached hydrogens (tertiary/aromatic N) is 1. The lowest BCUT2D eigenvalue weighted by atomic mass is 9.91. The quantitative estimate of drug-likeness (QED) is 0.922. The van der Waals surface area contributed by atoms with Gasteiger partial charge in [-0.05, 0) is 29.3 Å². The zero-order chi connectivity index (χ0) is 15.4. The van der Waals surface area contributed by atoms with Crippen molar-refractivity contribution >= 4 is 16.7 Å². The van der Waals surface area contributed by atoms with Gasteiger partial charge in [0.2, 0.25) is 0 Å². The van der Waals surface area contributed by atoms with E-state index < -0.39 is 11.9 Å². The first-order valence-electron chi connectivity index (χ1n) is 7.76. The van der Waals surface area contributed by atoms with Crippen molar-refractivity contribution in [3.63, 3.8) is 0 Å². The molecule has 1 aliphatic rings. The summed E-state index contributed by atoms with van der Waals surface area (Å²) in [6, 6.07) is 13.9. The van der Waals surface area contributed by atoms with Gasteiger partial charge >= 0.3 is 5.97 Å². The topological polar surface area (TPSA) is 49.8 Å². The number of morpholine rings is 1. The Morgan fingerprint density at radius 1 is 1.14 bits per heavy atom. The van der Waals surface area contributed by atoms with E-state index in [-0.39, 0.29) is 0 Å². The van der Waals surface area contributed by atoms with Crippen molar-refractivity contribution in [2.24, 2.45) is 0 Å². The average Bonchev–Trinajstić information content (AvgIpc) is 2.56. The largest absolute Gasteiger partial charge is 0.481 e. The fourth-order valence-electron chi connectivity index (χ4n) is 3.10. The third kappa shape index (κ3) is 3.29. The van der Waals surface area contributed by atoms with Crippen molar-refractivity contribution in [2.45, 2.75) is 12.3 Å². The van der Waals surface area contributed by atoms with E-state index in [0.717, 1.165) is 49.2 Å². The van der Waals surface area contributed by atoms with E-state index in [1.54, 1.807) is 0 Å². The summed E-state index contributed by atoms with van der Waals surface area (Å²) in [5, 5.41) is 11.8. The lowest BCUT2D eigenvalue weighted by Crippen LogP contribution is -2.37. The smallest absolute Gasteiger partial charge is 0.311 e. The van der Waals surface area contributed by atoms with E-state index in [9.17, 15) is 9.90 Å². The van der Waals surface area contributed by atoms with Gasteiger partial charge in [0.25, 0.3) is 0 Å². The number of aliphatic carboxylic acids is 1. The van der Waals surface area contributed by atoms with Gasteiger partial charge in [-0.15, -0.1) is 0 Å². The van der Waals surface area contributed by atoms with Crippen LogP contribution in [0.4, 0.5) is 0 Å². The highest BCUT2D eigenvalue weighted by atomic mass is 16.5. The molecule has 2 aromatic carbocycles. The van der Waals surface area contributed by atoms with Crippen LogP contribution in [0.15, 0.2) is 42.5 Å². The molecule has 116 valence electrons. The molecule has 0 radical (unpaired) electrons. The summed E-state index contributed by atoms with van der Waals surface area (Å²) in [6.45, 7) is 4.06. The Kier molecular flexibility index (Phi) is 4.71. The van der Waals surface area contributed by atoms with Crippen molar-refractivity contribution in [3.8, 4) is 0 Å². The molecule has 1 aliphatic heterocycles. The van der Waals surface area contributed by atoms with Crippen LogP contribution in [-0.4, -0.2) is 48.8 Å². The van der Waals surface area contributed by atoms with Crippen LogP contribution in [0.2, 0.25) is 0 Å². The highest BCUT2D eigenvalue weighted by Crippen LogP contribution is 2.28. The summed E-state index contributed by atoms with van der Waals surface area (Å²) in [4.78, 5) is 14.1. The minimum Gasteiger partial charge on any atom is -0.481 e. The van der Waals surface area contributed by atoms with Crippen LogP contribution < -0.4 is 0 Å². The lowest BCUT2D eigenvalue weighted by molar-refractivity contribution is -0.139. The zero-order valence-corrected chi connectivity index (χ0v) is 12.6. The SMILES string of the molecule is O=C(O)C(CCN1CCOCC1)c1cccc2ccccc12. The summed E-state index contributed by atoms with van der Waals surface area (Å²) in [7, 11) is 0. The van der Waals surface area contributed by atoms with Crippen LogP contribution in [0.1, 0.15) is 17.9 Å². The predicted octanol–water partition coefficient (Wildman–Crippen LogP) is 2.73. The Balaban J connectivity index is 1.81. The molecule has 0 aromatic heterocycles. The zero-order valence-electron chi connectivity index (χ0n) is 12.6. The van der Waals surface area contributed by atoms with E-state index in [4.69, 9.17) is 4.74 Å². The maximum atomic E-state index is 11.8. The molecule has 1 fully saturated rings. The minimum atomic E-state index is -0.746. The van der Waals surface area contributed by atoms with Gasteiger partial charge in [-0.3, -0.25) is 9.69 Å². The number of benzene rings is 2. The third-order valence-electron chi connectivity index (χ3n) is 4.33. The molecule has 3 rings (SSSR count). The number of carboxylic acids is 1. The molecule has 4 nitrogen and oxygen atoms in total. The lowest BCUT2D eigenvalue weighted by Gasteiger charge is -2.27. The van der Waals surface area contributed by atoms with Crippen LogP contribution in [0.25, 0.3) is 10.8 Å². The third-order valence-corrected chi connectivity index (χ3v) is 4.33. The standard InChI is InChI=1S/C18H21NO3/c20-18(21)17(8-9-19-10-12-22-13-11-19)16-7-3-5-14-4-1-2-6-15(14)16/h1-7,17H,8-13H2,(H,20,21). The van der Waals surface area contributed by atoms with Gasteiger partial charge in [0.15, 0.2) is 0 Å². The summed E-state index contributed by atoms with van der Waals surface area (Å²) >= 11 is 0. The number of ether oxygens (including phenoxy) is 1. The van der Waals surface area contributed by atoms with Crippen LogP contribution in [0.3, 0.4) is 0 Å². The predicted molar refractivity (Wildman–Crippen MR) is 86.2 cm³/mol. The molecule has 1 unspecified atom stereocenters. The molecule has 4 heteroatoms. The van der Waals surface area contributed by atoms with Crippen LogP contribution in [0, 0.1) is 0 Å². The number of fused-ring (bicyclic) bond motifs is 1. The molecule has 2 aromatic rings. The van der Waals surface area contributed by atoms with Gasteiger partial charge in [0.1, 0.15) is 0 Å². The summed E-state index contributed by atoms with van der Waals surface area (Å²) in [6.07, 6.45) is 0.628. The maximum absolute atomic E-state index is 11.8. The second-order valence-corrected chi connectivity index (χ2v) is 5.70. The Labute approximate surface area is 130 Å². The second kappa shape index (κ2) is 6.90. The van der Waals surface area contributed by atoms with Crippen LogP contribution in [0.5, 0.6) is 0 Å². The van der Waals surface area contributed by atoms with E-state index in [0.29, 0.717) is 6.42 Å². The van der Waals surface area contributed by atoms with Crippen molar-refractivity contribution in [2.75, 3.05) is 32.8 Å². The number of carboxylic acid groups (broad SMARTS) is 1. The molecule has 0 spiro atoms. The summed E-state index contributed by atoms with van der Waals surface area (Å²) < 4.78 is 5.34. The van der Waals surface area contributed by atoms with Gasteiger partial charge in [-0.2, -0.15) is 0 Å². The molecule has 0 saturated carbocycles. The molecular formula is C18H21NO3. The normalized spacial score (nSPS) is 17.5. The van der Waals surface area contributed by atoms with Gasteiger partial charge in [0.05, 0.1) is 19.1 Å². The summed E-state index contributed by atoms with van der Waals surface area (Å²) in [5.41, 5.74) is 0.916. The number of hydrogen-bond donors (Lipinski definition) is 1. The Bertz CT molecular complexity index is 644. The van der Waals surface area contributed by atoms with Crippen LogP contribution >= 0.6 is 0 Å². The Hall–Kier alpha value is -1.91. The fraction of sp³-hybridized carbons (Fsp3) is 0.389. The first kappa shape index (κ1) is 15.0. The van der Waals surface area contributed by atoms with Gasteiger partial charge in [0, 0.05) is 13.1 Å². The molecule has 22 heavy (non-hydrogen) atoms. The van der Waals surface area contributed by atoms with Crippen molar-refractivity contribution in [1.82, 2.24) is 4.90 Å². The van der Waals surface area contributed by atoms with Crippen LogP contribution in [-0.2, 0) is 9.53 Å². The highest BCUT2D eigenvalue weighted by molar-refractivity contribution is 5.90. The van der Waals surface area contributed by atoms with E-state index in [1.807, 2.05) is 42.5 Å². The molecule has 0 bridgehead atoms. The highest BCUT2D eigenvalue weighted by Gasteiger charge is 2.23. The second-order valence-electron chi connectivity index (χ2n) is 5.70. The van der Waals surface area contributed by atoms with Gasteiger partial charge in [-0.25, -0.2) is 0 Å². The minimum absolute atomic E-state index is 0.464. The molecule has 1 heterocycles. The molecular weight excluding hydrogens is 278 g/mol. The van der Waals surface area contributed by atoms with Gasteiger partial charge < -0.3 is 9.84 Å². The monoisotopic (exact) mass is 299 g/mol. The van der Waals surface area contributed by atoms with Gasteiger partial charge in [-0.1, -0.05) is 42.5 Å².